The fraction of sp³-hybridized carbons (Fsp3) is 0.318. The van der Waals surface area contributed by atoms with E-state index in [1.165, 1.54) is 30.0 Å². The van der Waals surface area contributed by atoms with Gasteiger partial charge in [-0.2, -0.15) is 4.39 Å². The first-order valence-corrected chi connectivity index (χ1v) is 13.0. The van der Waals surface area contributed by atoms with Crippen LogP contribution >= 0.6 is 22.5 Å². The van der Waals surface area contributed by atoms with Crippen molar-refractivity contribution in [2.75, 3.05) is 17.7 Å². The first-order valence-electron chi connectivity index (χ1n) is 10.2. The SMILES string of the molecule is CCCC[C@@H]1CN(c2ccc(F)cc2)c2cc(SC)c(O/C=C(\F)C(=O)O)cc2S(O)(O)N1. The van der Waals surface area contributed by atoms with E-state index in [0.29, 0.717) is 35.5 Å². The van der Waals surface area contributed by atoms with E-state index in [4.69, 9.17) is 9.84 Å². The molecular weight excluding hydrogens is 474 g/mol. The molecule has 4 N–H and O–H groups in total. The summed E-state index contributed by atoms with van der Waals surface area (Å²) in [5.74, 6) is -3.58. The second-order valence-electron chi connectivity index (χ2n) is 7.45. The van der Waals surface area contributed by atoms with Gasteiger partial charge >= 0.3 is 5.97 Å². The molecule has 11 heteroatoms. The quantitative estimate of drug-likeness (QED) is 0.195. The van der Waals surface area contributed by atoms with Crippen molar-refractivity contribution in [2.45, 2.75) is 42.0 Å². The first-order chi connectivity index (χ1) is 15.7. The number of carbonyl (C=O) groups is 1. The molecule has 1 atom stereocenters. The minimum absolute atomic E-state index is 0.0745. The Hall–Kier alpha value is -2.31. The second-order valence-corrected chi connectivity index (χ2v) is 10.1. The van der Waals surface area contributed by atoms with Crippen LogP contribution in [0.15, 0.2) is 58.3 Å². The van der Waals surface area contributed by atoms with Crippen LogP contribution in [0.2, 0.25) is 0 Å². The van der Waals surface area contributed by atoms with Crippen LogP contribution in [0.25, 0.3) is 0 Å². The number of anilines is 2. The first kappa shape index (κ1) is 25.3. The van der Waals surface area contributed by atoms with E-state index in [9.17, 15) is 22.7 Å². The van der Waals surface area contributed by atoms with Gasteiger partial charge in [-0.15, -0.1) is 22.5 Å². The number of halogens is 2. The molecule has 0 bridgehead atoms. The zero-order valence-corrected chi connectivity index (χ0v) is 19.8. The number of carboxylic acids is 1. The van der Waals surface area contributed by atoms with Gasteiger partial charge in [-0.25, -0.2) is 13.9 Å². The second kappa shape index (κ2) is 10.7. The topological polar surface area (TPSA) is 102 Å². The summed E-state index contributed by atoms with van der Waals surface area (Å²) in [4.78, 5) is 13.3. The van der Waals surface area contributed by atoms with Crippen molar-refractivity contribution in [3.8, 4) is 5.75 Å². The summed E-state index contributed by atoms with van der Waals surface area (Å²) in [6.07, 6.45) is 4.69. The monoisotopic (exact) mass is 500 g/mol. The number of aliphatic carboxylic acids is 1. The van der Waals surface area contributed by atoms with Crippen LogP contribution in [-0.2, 0) is 4.79 Å². The summed E-state index contributed by atoms with van der Waals surface area (Å²) in [5.41, 5.74) is 1.14. The molecule has 0 aromatic heterocycles. The zero-order valence-electron chi connectivity index (χ0n) is 18.1. The maximum Gasteiger partial charge on any atom is 0.368 e. The summed E-state index contributed by atoms with van der Waals surface area (Å²) in [6, 6.07) is 8.65. The highest BCUT2D eigenvalue weighted by molar-refractivity contribution is 8.22. The van der Waals surface area contributed by atoms with Crippen molar-refractivity contribution in [3.63, 3.8) is 0 Å². The van der Waals surface area contributed by atoms with Crippen molar-refractivity contribution in [1.82, 2.24) is 4.72 Å². The number of thioether (sulfide) groups is 1. The smallest absolute Gasteiger partial charge is 0.368 e. The van der Waals surface area contributed by atoms with Crippen molar-refractivity contribution < 1.29 is 32.5 Å². The Balaban J connectivity index is 2.15. The number of rotatable bonds is 8. The van der Waals surface area contributed by atoms with E-state index in [1.54, 1.807) is 24.5 Å². The fourth-order valence-corrected chi connectivity index (χ4v) is 5.56. The number of nitrogens with zero attached hydrogens (tertiary/aromatic N) is 1. The van der Waals surface area contributed by atoms with Crippen molar-refractivity contribution in [1.29, 1.82) is 0 Å². The van der Waals surface area contributed by atoms with Gasteiger partial charge in [-0.1, -0.05) is 19.8 Å². The molecule has 1 heterocycles. The third-order valence-corrected chi connectivity index (χ3v) is 7.48. The van der Waals surface area contributed by atoms with Crippen LogP contribution in [0.3, 0.4) is 0 Å². The number of benzene rings is 2. The highest BCUT2D eigenvalue weighted by atomic mass is 32.3. The molecule has 2 aromatic rings. The molecule has 1 aliphatic rings. The molecule has 0 unspecified atom stereocenters. The number of nitrogens with one attached hydrogen (secondary N) is 1. The molecule has 33 heavy (non-hydrogen) atoms. The Bertz CT molecular complexity index is 1030. The van der Waals surface area contributed by atoms with Crippen LogP contribution in [-0.4, -0.2) is 39.0 Å². The Kier molecular flexibility index (Phi) is 8.24. The van der Waals surface area contributed by atoms with Gasteiger partial charge < -0.3 is 14.7 Å². The van der Waals surface area contributed by atoms with Gasteiger partial charge in [0.05, 0.1) is 10.6 Å². The molecule has 3 rings (SSSR count). The molecule has 0 saturated carbocycles. The van der Waals surface area contributed by atoms with E-state index in [2.05, 4.69) is 4.72 Å². The number of unbranched alkanes of at least 4 members (excludes halogenated alkanes) is 1. The van der Waals surface area contributed by atoms with Crippen LogP contribution in [0.4, 0.5) is 20.2 Å². The van der Waals surface area contributed by atoms with E-state index < -0.39 is 22.6 Å². The maximum absolute atomic E-state index is 13.6. The Morgan fingerprint density at radius 2 is 2.03 bits per heavy atom. The third-order valence-electron chi connectivity index (χ3n) is 5.11. The molecule has 0 fully saturated rings. The van der Waals surface area contributed by atoms with Crippen LogP contribution in [0.1, 0.15) is 26.2 Å². The largest absolute Gasteiger partial charge is 0.476 e. The lowest BCUT2D eigenvalue weighted by molar-refractivity contribution is -0.134. The van der Waals surface area contributed by atoms with Crippen LogP contribution in [0.5, 0.6) is 5.75 Å². The van der Waals surface area contributed by atoms with Crippen molar-refractivity contribution in [2.24, 2.45) is 0 Å². The molecule has 7 nitrogen and oxygen atoms in total. The summed E-state index contributed by atoms with van der Waals surface area (Å²) < 4.78 is 57.3. The molecule has 0 amide bonds. The number of hydrogen-bond acceptors (Lipinski definition) is 7. The Labute approximate surface area is 196 Å². The summed E-state index contributed by atoms with van der Waals surface area (Å²) in [7, 11) is -3.50. The van der Waals surface area contributed by atoms with Crippen LogP contribution < -0.4 is 14.4 Å². The average molecular weight is 501 g/mol. The number of fused-ring (bicyclic) bond motifs is 1. The van der Waals surface area contributed by atoms with Crippen molar-refractivity contribution >= 4 is 39.9 Å². The minimum Gasteiger partial charge on any atom is -0.476 e. The number of ether oxygens (including phenoxy) is 1. The standard InChI is InChI=1S/C22H26F2N2O5S2/c1-3-4-5-15-12-26(16-8-6-14(23)7-9-16)18-10-20(32-2)19(31-13-17(24)22(27)28)11-21(18)33(29,30)25-15/h6-11,13,15,25,29-30H,3-5,12H2,1-2H3,(H,27,28)/b17-13-/t15-/m1/s1. The lowest BCUT2D eigenvalue weighted by atomic mass is 10.1. The third kappa shape index (κ3) is 5.98. The molecule has 180 valence electrons. The van der Waals surface area contributed by atoms with E-state index in [-0.39, 0.29) is 22.5 Å². The van der Waals surface area contributed by atoms with Gasteiger partial charge in [0.2, 0.25) is 5.83 Å². The fourth-order valence-electron chi connectivity index (χ4n) is 3.50. The molecular formula is C22H26F2N2O5S2. The van der Waals surface area contributed by atoms with E-state index >= 15 is 0 Å². The molecule has 0 aliphatic carbocycles. The maximum atomic E-state index is 13.6. The van der Waals surface area contributed by atoms with Gasteiger partial charge in [0, 0.05) is 24.3 Å². The predicted octanol–water partition coefficient (Wildman–Crippen LogP) is 6.15. The average Bonchev–Trinajstić information content (AvgIpc) is 2.89. The summed E-state index contributed by atoms with van der Waals surface area (Å²) in [6.45, 7) is 2.44. The van der Waals surface area contributed by atoms with Crippen molar-refractivity contribution in [3.05, 3.63) is 54.3 Å². The van der Waals surface area contributed by atoms with Gasteiger partial charge in [0.25, 0.3) is 0 Å². The van der Waals surface area contributed by atoms with Crippen LogP contribution in [0, 0.1) is 5.82 Å². The Morgan fingerprint density at radius 3 is 2.64 bits per heavy atom. The van der Waals surface area contributed by atoms with Gasteiger partial charge in [0.15, 0.2) is 0 Å². The number of hydrogen-bond donors (Lipinski definition) is 4. The minimum atomic E-state index is -3.50. The van der Waals surface area contributed by atoms with E-state index in [1.807, 2.05) is 11.8 Å². The normalized spacial score (nSPS) is 18.9. The van der Waals surface area contributed by atoms with Gasteiger partial charge in [0.1, 0.15) is 22.7 Å². The molecule has 2 aromatic carbocycles. The summed E-state index contributed by atoms with van der Waals surface area (Å²) in [5, 5.41) is 8.73. The summed E-state index contributed by atoms with van der Waals surface area (Å²) >= 11 is 1.26. The highest BCUT2D eigenvalue weighted by Gasteiger charge is 2.33. The lowest BCUT2D eigenvalue weighted by Crippen LogP contribution is -2.37. The number of carboxylic acid groups (broad SMARTS) is 1. The lowest BCUT2D eigenvalue weighted by Gasteiger charge is -2.35. The predicted molar refractivity (Wildman–Crippen MR) is 127 cm³/mol. The highest BCUT2D eigenvalue weighted by Crippen LogP contribution is 2.55. The van der Waals surface area contributed by atoms with E-state index in [0.717, 1.165) is 12.8 Å². The van der Waals surface area contributed by atoms with Gasteiger partial charge in [-0.3, -0.25) is 9.11 Å². The van der Waals surface area contributed by atoms with Gasteiger partial charge in [-0.05, 0) is 43.0 Å². The zero-order chi connectivity index (χ0) is 24.2. The molecule has 0 saturated heterocycles. The molecule has 1 aliphatic heterocycles. The molecule has 0 spiro atoms. The molecule has 0 radical (unpaired) electrons. The Morgan fingerprint density at radius 1 is 1.33 bits per heavy atom.